The highest BCUT2D eigenvalue weighted by atomic mass is 79.9. The minimum atomic E-state index is 0.209. The summed E-state index contributed by atoms with van der Waals surface area (Å²) < 4.78 is 2.35. The molecule has 0 radical (unpaired) electrons. The van der Waals surface area contributed by atoms with Crippen LogP contribution in [-0.2, 0) is 0 Å². The lowest BCUT2D eigenvalue weighted by molar-refractivity contribution is 0.0857. The molecule has 19 heavy (non-hydrogen) atoms. The van der Waals surface area contributed by atoms with Gasteiger partial charge in [-0.2, -0.15) is 0 Å². The van der Waals surface area contributed by atoms with Gasteiger partial charge in [-0.15, -0.1) is 0 Å². The van der Waals surface area contributed by atoms with Crippen molar-refractivity contribution in [3.8, 4) is 0 Å². The zero-order valence-electron chi connectivity index (χ0n) is 11.8. The van der Waals surface area contributed by atoms with Gasteiger partial charge in [0, 0.05) is 41.2 Å². The topological polar surface area (TPSA) is 15.3 Å². The highest BCUT2D eigenvalue weighted by Gasteiger charge is 2.33. The van der Waals surface area contributed by atoms with E-state index in [0.29, 0.717) is 6.04 Å². The number of piperazine rings is 1. The fraction of sp³-hybridized carbons (Fsp3) is 0.600. The summed E-state index contributed by atoms with van der Waals surface area (Å²) in [6, 6.07) is 6.91. The SMILES string of the molecule is CC(C)(C)[C@@H](c1cc(Br)ccc1Br)N1CCNCC1. The molecule has 4 heteroatoms. The number of halogens is 2. The Morgan fingerprint density at radius 3 is 2.37 bits per heavy atom. The molecule has 0 saturated carbocycles. The van der Waals surface area contributed by atoms with Crippen molar-refractivity contribution in [1.29, 1.82) is 0 Å². The highest BCUT2D eigenvalue weighted by Crippen LogP contribution is 2.41. The number of benzene rings is 1. The Hall–Kier alpha value is 0.1000. The first kappa shape index (κ1) is 15.5. The van der Waals surface area contributed by atoms with Crippen LogP contribution in [0.1, 0.15) is 32.4 Å². The molecule has 0 bridgehead atoms. The lowest BCUT2D eigenvalue weighted by Crippen LogP contribution is -2.48. The molecule has 106 valence electrons. The van der Waals surface area contributed by atoms with E-state index in [4.69, 9.17) is 0 Å². The molecular weight excluding hydrogens is 368 g/mol. The number of rotatable bonds is 2. The summed E-state index contributed by atoms with van der Waals surface area (Å²) in [6.45, 7) is 11.4. The lowest BCUT2D eigenvalue weighted by Gasteiger charge is -2.43. The molecule has 1 atom stereocenters. The molecular formula is C15H22Br2N2. The normalized spacial score (nSPS) is 19.4. The molecule has 0 unspecified atom stereocenters. The van der Waals surface area contributed by atoms with E-state index in [2.05, 4.69) is 81.0 Å². The molecule has 0 spiro atoms. The molecule has 0 aliphatic carbocycles. The Morgan fingerprint density at radius 1 is 1.16 bits per heavy atom. The fourth-order valence-electron chi connectivity index (χ4n) is 2.88. The summed E-state index contributed by atoms with van der Waals surface area (Å²) in [7, 11) is 0. The minimum absolute atomic E-state index is 0.209. The van der Waals surface area contributed by atoms with Crippen molar-refractivity contribution >= 4 is 31.9 Å². The predicted octanol–water partition coefficient (Wildman–Crippen LogP) is 4.20. The Morgan fingerprint density at radius 2 is 1.79 bits per heavy atom. The van der Waals surface area contributed by atoms with Gasteiger partial charge < -0.3 is 5.32 Å². The van der Waals surface area contributed by atoms with Gasteiger partial charge in [0.25, 0.3) is 0 Å². The van der Waals surface area contributed by atoms with E-state index in [-0.39, 0.29) is 5.41 Å². The summed E-state index contributed by atoms with van der Waals surface area (Å²) >= 11 is 7.33. The van der Waals surface area contributed by atoms with Gasteiger partial charge in [-0.3, -0.25) is 4.90 Å². The maximum atomic E-state index is 3.73. The third-order valence-electron chi connectivity index (χ3n) is 3.59. The average molecular weight is 390 g/mol. The smallest absolute Gasteiger partial charge is 0.0409 e. The first-order valence-corrected chi connectivity index (χ1v) is 8.38. The largest absolute Gasteiger partial charge is 0.314 e. The van der Waals surface area contributed by atoms with Crippen LogP contribution in [0.4, 0.5) is 0 Å². The molecule has 0 aromatic heterocycles. The van der Waals surface area contributed by atoms with Crippen molar-refractivity contribution in [2.45, 2.75) is 26.8 Å². The van der Waals surface area contributed by atoms with Crippen LogP contribution in [0, 0.1) is 5.41 Å². The molecule has 2 rings (SSSR count). The van der Waals surface area contributed by atoms with Crippen molar-refractivity contribution in [2.24, 2.45) is 5.41 Å². The first-order valence-electron chi connectivity index (χ1n) is 6.79. The monoisotopic (exact) mass is 388 g/mol. The van der Waals surface area contributed by atoms with Crippen molar-refractivity contribution in [1.82, 2.24) is 10.2 Å². The summed E-state index contributed by atoms with van der Waals surface area (Å²) in [6.07, 6.45) is 0. The lowest BCUT2D eigenvalue weighted by atomic mass is 9.81. The molecule has 1 aromatic rings. The summed E-state index contributed by atoms with van der Waals surface area (Å²) in [5.74, 6) is 0. The van der Waals surface area contributed by atoms with Crippen LogP contribution in [0.5, 0.6) is 0 Å². The zero-order valence-corrected chi connectivity index (χ0v) is 15.0. The fourth-order valence-corrected chi connectivity index (χ4v) is 3.72. The Kier molecular flexibility index (Phi) is 5.09. The van der Waals surface area contributed by atoms with Gasteiger partial charge in [-0.1, -0.05) is 52.6 Å². The average Bonchev–Trinajstić information content (AvgIpc) is 2.33. The van der Waals surface area contributed by atoms with E-state index < -0.39 is 0 Å². The quantitative estimate of drug-likeness (QED) is 0.815. The third kappa shape index (κ3) is 3.81. The van der Waals surface area contributed by atoms with Crippen molar-refractivity contribution in [2.75, 3.05) is 26.2 Å². The number of hydrogen-bond donors (Lipinski definition) is 1. The molecule has 1 aliphatic heterocycles. The van der Waals surface area contributed by atoms with Crippen molar-refractivity contribution in [3.63, 3.8) is 0 Å². The van der Waals surface area contributed by atoms with E-state index in [9.17, 15) is 0 Å². The number of nitrogens with one attached hydrogen (secondary N) is 1. The maximum absolute atomic E-state index is 3.73. The van der Waals surface area contributed by atoms with Gasteiger partial charge in [-0.25, -0.2) is 0 Å². The Balaban J connectivity index is 2.39. The molecule has 1 heterocycles. The van der Waals surface area contributed by atoms with Crippen LogP contribution in [0.2, 0.25) is 0 Å². The zero-order chi connectivity index (χ0) is 14.0. The van der Waals surface area contributed by atoms with E-state index in [0.717, 1.165) is 30.7 Å². The number of nitrogens with zero attached hydrogens (tertiary/aromatic N) is 1. The van der Waals surface area contributed by atoms with Crippen LogP contribution < -0.4 is 5.32 Å². The second kappa shape index (κ2) is 6.25. The van der Waals surface area contributed by atoms with Crippen molar-refractivity contribution < 1.29 is 0 Å². The van der Waals surface area contributed by atoms with Gasteiger partial charge in [0.1, 0.15) is 0 Å². The van der Waals surface area contributed by atoms with E-state index in [1.54, 1.807) is 0 Å². The second-order valence-corrected chi connectivity index (χ2v) is 7.99. The summed E-state index contributed by atoms with van der Waals surface area (Å²) in [4.78, 5) is 2.60. The van der Waals surface area contributed by atoms with E-state index >= 15 is 0 Å². The maximum Gasteiger partial charge on any atom is 0.0409 e. The molecule has 2 nitrogen and oxygen atoms in total. The summed E-state index contributed by atoms with van der Waals surface area (Å²) in [5, 5.41) is 3.44. The van der Waals surface area contributed by atoms with Crippen LogP contribution in [0.15, 0.2) is 27.1 Å². The predicted molar refractivity (Wildman–Crippen MR) is 88.5 cm³/mol. The molecule has 1 saturated heterocycles. The highest BCUT2D eigenvalue weighted by molar-refractivity contribution is 9.11. The third-order valence-corrected chi connectivity index (χ3v) is 4.81. The Labute approximate surface area is 133 Å². The number of hydrogen-bond acceptors (Lipinski definition) is 2. The van der Waals surface area contributed by atoms with Crippen LogP contribution >= 0.6 is 31.9 Å². The van der Waals surface area contributed by atoms with E-state index in [1.807, 2.05) is 0 Å². The summed E-state index contributed by atoms with van der Waals surface area (Å²) in [5.41, 5.74) is 1.59. The van der Waals surface area contributed by atoms with Gasteiger partial charge >= 0.3 is 0 Å². The van der Waals surface area contributed by atoms with Gasteiger partial charge in [0.2, 0.25) is 0 Å². The second-order valence-electron chi connectivity index (χ2n) is 6.22. The molecule has 1 fully saturated rings. The molecule has 1 aliphatic rings. The molecule has 1 N–H and O–H groups in total. The van der Waals surface area contributed by atoms with Gasteiger partial charge in [0.05, 0.1) is 0 Å². The molecule has 0 amide bonds. The van der Waals surface area contributed by atoms with Crippen LogP contribution in [0.3, 0.4) is 0 Å². The van der Waals surface area contributed by atoms with Gasteiger partial charge in [-0.05, 0) is 29.2 Å². The molecule has 1 aromatic carbocycles. The Bertz CT molecular complexity index is 434. The van der Waals surface area contributed by atoms with E-state index in [1.165, 1.54) is 10.0 Å². The standard InChI is InChI=1S/C15H22Br2N2/c1-15(2,3)14(19-8-6-18-7-9-19)12-10-11(16)4-5-13(12)17/h4-5,10,14,18H,6-9H2,1-3H3/t14-/m1/s1. The van der Waals surface area contributed by atoms with Crippen LogP contribution in [-0.4, -0.2) is 31.1 Å². The van der Waals surface area contributed by atoms with Crippen molar-refractivity contribution in [3.05, 3.63) is 32.7 Å². The first-order chi connectivity index (χ1) is 8.89. The van der Waals surface area contributed by atoms with Gasteiger partial charge in [0.15, 0.2) is 0 Å². The minimum Gasteiger partial charge on any atom is -0.314 e. The van der Waals surface area contributed by atoms with Crippen LogP contribution in [0.25, 0.3) is 0 Å².